The molecule has 0 radical (unpaired) electrons. The van der Waals surface area contributed by atoms with Crippen molar-refractivity contribution < 1.29 is 28.0 Å². The number of aliphatic carboxylic acids is 1. The summed E-state index contributed by atoms with van der Waals surface area (Å²) in [4.78, 5) is 21.3. The lowest BCUT2D eigenvalue weighted by molar-refractivity contribution is -0.384. The SMILES string of the molecule is COc1ccc([N+](=O)[O-])cc1N(CCC(=O)O)S(=O)(=O)c1ccccc1. The number of methoxy groups -OCH3 is 1. The molecule has 0 amide bonds. The van der Waals surface area contributed by atoms with Gasteiger partial charge in [0.1, 0.15) is 11.4 Å². The molecule has 0 saturated heterocycles. The van der Waals surface area contributed by atoms with Crippen molar-refractivity contribution in [2.45, 2.75) is 11.3 Å². The molecule has 2 aromatic carbocycles. The van der Waals surface area contributed by atoms with Gasteiger partial charge < -0.3 is 9.84 Å². The number of ether oxygens (including phenoxy) is 1. The van der Waals surface area contributed by atoms with Crippen LogP contribution in [0.3, 0.4) is 0 Å². The third kappa shape index (κ3) is 4.09. The van der Waals surface area contributed by atoms with E-state index in [1.165, 1.54) is 43.5 Å². The van der Waals surface area contributed by atoms with Crippen LogP contribution in [0.15, 0.2) is 53.4 Å². The van der Waals surface area contributed by atoms with Crippen LogP contribution in [0.1, 0.15) is 6.42 Å². The number of hydrogen-bond acceptors (Lipinski definition) is 6. The van der Waals surface area contributed by atoms with Crippen LogP contribution in [0.2, 0.25) is 0 Å². The lowest BCUT2D eigenvalue weighted by Gasteiger charge is -2.25. The first kappa shape index (κ1) is 19.2. The van der Waals surface area contributed by atoms with E-state index in [2.05, 4.69) is 0 Å². The first-order valence-electron chi connectivity index (χ1n) is 7.39. The van der Waals surface area contributed by atoms with Gasteiger partial charge >= 0.3 is 5.97 Å². The maximum Gasteiger partial charge on any atom is 0.305 e. The molecule has 10 heteroatoms. The molecule has 0 atom stereocenters. The molecule has 0 aromatic heterocycles. The van der Waals surface area contributed by atoms with Gasteiger partial charge in [0.05, 0.1) is 23.3 Å². The molecule has 0 aliphatic rings. The fraction of sp³-hybridized carbons (Fsp3) is 0.188. The standard InChI is InChI=1S/C16H16N2O7S/c1-25-15-8-7-12(18(21)22)11-14(15)17(10-9-16(19)20)26(23,24)13-5-3-2-4-6-13/h2-8,11H,9-10H2,1H3,(H,19,20). The lowest BCUT2D eigenvalue weighted by Crippen LogP contribution is -2.33. The maximum absolute atomic E-state index is 13.0. The highest BCUT2D eigenvalue weighted by atomic mass is 32.2. The Labute approximate surface area is 149 Å². The molecule has 2 rings (SSSR count). The third-order valence-corrected chi connectivity index (χ3v) is 5.33. The van der Waals surface area contributed by atoms with Gasteiger partial charge in [0.15, 0.2) is 0 Å². The molecular weight excluding hydrogens is 364 g/mol. The fourth-order valence-corrected chi connectivity index (χ4v) is 3.76. The van der Waals surface area contributed by atoms with Gasteiger partial charge in [0.2, 0.25) is 0 Å². The number of rotatable bonds is 8. The molecule has 0 aliphatic heterocycles. The Kier molecular flexibility index (Phi) is 5.78. The van der Waals surface area contributed by atoms with Gasteiger partial charge in [-0.15, -0.1) is 0 Å². The number of carboxylic acid groups (broad SMARTS) is 1. The maximum atomic E-state index is 13.0. The van der Waals surface area contributed by atoms with Crippen LogP contribution >= 0.6 is 0 Å². The molecular formula is C16H16N2O7S. The third-order valence-electron chi connectivity index (χ3n) is 3.50. The number of sulfonamides is 1. The zero-order chi connectivity index (χ0) is 19.3. The second-order valence-electron chi connectivity index (χ2n) is 5.15. The quantitative estimate of drug-likeness (QED) is 0.550. The van der Waals surface area contributed by atoms with Crippen molar-refractivity contribution in [3.63, 3.8) is 0 Å². The number of nitrogens with zero attached hydrogens (tertiary/aromatic N) is 2. The van der Waals surface area contributed by atoms with E-state index >= 15 is 0 Å². The molecule has 0 bridgehead atoms. The van der Waals surface area contributed by atoms with E-state index in [9.17, 15) is 23.3 Å². The minimum Gasteiger partial charge on any atom is -0.495 e. The van der Waals surface area contributed by atoms with Crippen LogP contribution in [0, 0.1) is 10.1 Å². The summed E-state index contributed by atoms with van der Waals surface area (Å²) in [5.41, 5.74) is -0.448. The zero-order valence-electron chi connectivity index (χ0n) is 13.7. The van der Waals surface area contributed by atoms with E-state index in [0.717, 1.165) is 10.4 Å². The van der Waals surface area contributed by atoms with Crippen molar-refractivity contribution in [3.8, 4) is 5.75 Å². The summed E-state index contributed by atoms with van der Waals surface area (Å²) >= 11 is 0. The second kappa shape index (κ2) is 7.83. The molecule has 0 spiro atoms. The van der Waals surface area contributed by atoms with E-state index in [4.69, 9.17) is 9.84 Å². The Balaban J connectivity index is 2.64. The monoisotopic (exact) mass is 380 g/mol. The highest BCUT2D eigenvalue weighted by molar-refractivity contribution is 7.92. The summed E-state index contributed by atoms with van der Waals surface area (Å²) < 4.78 is 31.9. The molecule has 0 heterocycles. The Morgan fingerprint density at radius 2 is 1.88 bits per heavy atom. The van der Waals surface area contributed by atoms with Gasteiger partial charge in [-0.1, -0.05) is 18.2 Å². The lowest BCUT2D eigenvalue weighted by atomic mass is 10.2. The topological polar surface area (TPSA) is 127 Å². The molecule has 138 valence electrons. The number of nitro groups is 1. The number of benzene rings is 2. The highest BCUT2D eigenvalue weighted by Crippen LogP contribution is 2.35. The molecule has 2 aromatic rings. The van der Waals surface area contributed by atoms with Gasteiger partial charge in [0, 0.05) is 18.7 Å². The molecule has 0 aliphatic carbocycles. The zero-order valence-corrected chi connectivity index (χ0v) is 14.5. The van der Waals surface area contributed by atoms with Crippen molar-refractivity contribution in [2.75, 3.05) is 18.0 Å². The highest BCUT2D eigenvalue weighted by Gasteiger charge is 2.29. The number of carboxylic acids is 1. The van der Waals surface area contributed by atoms with Gasteiger partial charge in [0.25, 0.3) is 15.7 Å². The Hall–Kier alpha value is -3.14. The summed E-state index contributed by atoms with van der Waals surface area (Å²) in [6.45, 7) is -0.413. The van der Waals surface area contributed by atoms with Gasteiger partial charge in [-0.05, 0) is 18.2 Å². The van der Waals surface area contributed by atoms with Gasteiger partial charge in [-0.3, -0.25) is 19.2 Å². The average molecular weight is 380 g/mol. The summed E-state index contributed by atoms with van der Waals surface area (Å²) in [6, 6.07) is 10.9. The Morgan fingerprint density at radius 1 is 1.23 bits per heavy atom. The number of hydrogen-bond donors (Lipinski definition) is 1. The predicted molar refractivity (Wildman–Crippen MR) is 92.9 cm³/mol. The van der Waals surface area contributed by atoms with E-state index in [0.29, 0.717) is 0 Å². The molecule has 9 nitrogen and oxygen atoms in total. The normalized spacial score (nSPS) is 11.0. The van der Waals surface area contributed by atoms with Gasteiger partial charge in [-0.25, -0.2) is 8.42 Å². The van der Waals surface area contributed by atoms with Crippen molar-refractivity contribution in [1.29, 1.82) is 0 Å². The van der Waals surface area contributed by atoms with Crippen LogP contribution < -0.4 is 9.04 Å². The largest absolute Gasteiger partial charge is 0.495 e. The minimum absolute atomic E-state index is 0.0699. The van der Waals surface area contributed by atoms with E-state index in [1.807, 2.05) is 0 Å². The fourth-order valence-electron chi connectivity index (χ4n) is 2.27. The molecule has 1 N–H and O–H groups in total. The summed E-state index contributed by atoms with van der Waals surface area (Å²) in [5.74, 6) is -1.14. The number of non-ortho nitro benzene ring substituents is 1. The number of nitro benzene ring substituents is 1. The van der Waals surface area contributed by atoms with Crippen LogP contribution in [0.4, 0.5) is 11.4 Å². The van der Waals surface area contributed by atoms with Crippen LogP contribution in [0.25, 0.3) is 0 Å². The number of carbonyl (C=O) groups is 1. The molecule has 0 unspecified atom stereocenters. The van der Waals surface area contributed by atoms with Crippen LogP contribution in [-0.4, -0.2) is 38.1 Å². The van der Waals surface area contributed by atoms with Crippen molar-refractivity contribution in [3.05, 3.63) is 58.6 Å². The van der Waals surface area contributed by atoms with Crippen molar-refractivity contribution >= 4 is 27.4 Å². The van der Waals surface area contributed by atoms with Crippen molar-refractivity contribution in [2.24, 2.45) is 0 Å². The first-order chi connectivity index (χ1) is 12.3. The first-order valence-corrected chi connectivity index (χ1v) is 8.83. The van der Waals surface area contributed by atoms with Gasteiger partial charge in [-0.2, -0.15) is 0 Å². The average Bonchev–Trinajstić information content (AvgIpc) is 2.62. The predicted octanol–water partition coefficient (Wildman–Crippen LogP) is 2.27. The molecule has 26 heavy (non-hydrogen) atoms. The number of anilines is 1. The molecule has 0 saturated carbocycles. The summed E-state index contributed by atoms with van der Waals surface area (Å²) in [6.07, 6.45) is -0.488. The Morgan fingerprint density at radius 3 is 2.42 bits per heavy atom. The molecule has 0 fully saturated rings. The van der Waals surface area contributed by atoms with Crippen molar-refractivity contribution in [1.82, 2.24) is 0 Å². The van der Waals surface area contributed by atoms with E-state index in [1.54, 1.807) is 6.07 Å². The Bertz CT molecular complexity index is 913. The van der Waals surface area contributed by atoms with E-state index in [-0.39, 0.29) is 22.0 Å². The minimum atomic E-state index is -4.16. The van der Waals surface area contributed by atoms with Crippen LogP contribution in [-0.2, 0) is 14.8 Å². The smallest absolute Gasteiger partial charge is 0.305 e. The van der Waals surface area contributed by atoms with Crippen LogP contribution in [0.5, 0.6) is 5.75 Å². The summed E-state index contributed by atoms with van der Waals surface area (Å²) in [5, 5.41) is 20.0. The van der Waals surface area contributed by atoms with E-state index < -0.39 is 33.9 Å². The summed E-state index contributed by atoms with van der Waals surface area (Å²) in [7, 11) is -2.87. The second-order valence-corrected chi connectivity index (χ2v) is 7.01.